The van der Waals surface area contributed by atoms with E-state index >= 15 is 0 Å². The first-order chi connectivity index (χ1) is 15.2. The van der Waals surface area contributed by atoms with E-state index in [1.807, 2.05) is 0 Å². The van der Waals surface area contributed by atoms with Crippen LogP contribution in [0.5, 0.6) is 0 Å². The van der Waals surface area contributed by atoms with Crippen molar-refractivity contribution in [3.8, 4) is 0 Å². The third-order valence-electron chi connectivity index (χ3n) is 7.89. The van der Waals surface area contributed by atoms with Gasteiger partial charge in [0.25, 0.3) is 0 Å². The van der Waals surface area contributed by atoms with Gasteiger partial charge in [-0.25, -0.2) is 0 Å². The van der Waals surface area contributed by atoms with E-state index < -0.39 is 23.3 Å². The number of nitrogens with zero attached hydrogens (tertiary/aromatic N) is 2. The van der Waals surface area contributed by atoms with Crippen LogP contribution in [0.3, 0.4) is 0 Å². The lowest BCUT2D eigenvalue weighted by Crippen LogP contribution is -2.61. The molecule has 2 unspecified atom stereocenters. The van der Waals surface area contributed by atoms with Crippen LogP contribution in [0.4, 0.5) is 0 Å². The van der Waals surface area contributed by atoms with Crippen LogP contribution in [0.25, 0.3) is 0 Å². The van der Waals surface area contributed by atoms with Gasteiger partial charge in [0.05, 0.1) is 5.92 Å². The Kier molecular flexibility index (Phi) is 6.18. The third kappa shape index (κ3) is 3.86. The molecule has 4 amide bonds. The number of aliphatic carboxylic acids is 1. The summed E-state index contributed by atoms with van der Waals surface area (Å²) in [7, 11) is 0. The Morgan fingerprint density at radius 2 is 1.28 bits per heavy atom. The van der Waals surface area contributed by atoms with Gasteiger partial charge in [-0.05, 0) is 44.4 Å². The zero-order valence-electron chi connectivity index (χ0n) is 18.2. The maximum absolute atomic E-state index is 13.9. The molecule has 9 heteroatoms. The summed E-state index contributed by atoms with van der Waals surface area (Å²) >= 11 is 0. The number of imide groups is 2. The number of carbonyl (C=O) groups is 6. The van der Waals surface area contributed by atoms with Gasteiger partial charge >= 0.3 is 5.97 Å². The van der Waals surface area contributed by atoms with E-state index in [1.165, 1.54) is 4.90 Å². The molecule has 0 aromatic heterocycles. The highest BCUT2D eigenvalue weighted by Crippen LogP contribution is 2.45. The van der Waals surface area contributed by atoms with Gasteiger partial charge in [-0.1, -0.05) is 12.8 Å². The molecule has 1 N–H and O–H groups in total. The summed E-state index contributed by atoms with van der Waals surface area (Å²) in [6, 6.07) is 0. The molecule has 4 aliphatic rings. The highest BCUT2D eigenvalue weighted by Gasteiger charge is 2.56. The Hall–Kier alpha value is -2.58. The van der Waals surface area contributed by atoms with Crippen LogP contribution < -0.4 is 0 Å². The van der Waals surface area contributed by atoms with Gasteiger partial charge in [0.1, 0.15) is 5.54 Å². The predicted octanol–water partition coefficient (Wildman–Crippen LogP) is 1.67. The van der Waals surface area contributed by atoms with Gasteiger partial charge in [0, 0.05) is 38.1 Å². The number of rotatable bonds is 6. The average molecular weight is 447 g/mol. The Balaban J connectivity index is 1.58. The van der Waals surface area contributed by atoms with Crippen molar-refractivity contribution in [3.63, 3.8) is 0 Å². The van der Waals surface area contributed by atoms with E-state index in [4.69, 9.17) is 0 Å². The summed E-state index contributed by atoms with van der Waals surface area (Å²) in [5.41, 5.74) is -1.31. The molecule has 4 rings (SSSR count). The van der Waals surface area contributed by atoms with E-state index in [-0.39, 0.29) is 73.9 Å². The van der Waals surface area contributed by atoms with E-state index in [2.05, 4.69) is 0 Å². The number of amides is 4. The number of Topliss-reactive ketones (excluding diaryl/α,β-unsaturated/α-hetero) is 1. The monoisotopic (exact) mass is 446 g/mol. The fraction of sp³-hybridized carbons (Fsp3) is 0.739. The number of likely N-dealkylation sites (tertiary alicyclic amines) is 2. The van der Waals surface area contributed by atoms with Gasteiger partial charge in [0.15, 0.2) is 5.78 Å². The lowest BCUT2D eigenvalue weighted by atomic mass is 9.65. The second kappa shape index (κ2) is 8.75. The lowest BCUT2D eigenvalue weighted by molar-refractivity contribution is -0.161. The van der Waals surface area contributed by atoms with Crippen LogP contribution in [0.1, 0.15) is 77.0 Å². The van der Waals surface area contributed by atoms with Gasteiger partial charge < -0.3 is 5.11 Å². The molecular weight excluding hydrogens is 416 g/mol. The first kappa shape index (κ1) is 22.6. The van der Waals surface area contributed by atoms with Gasteiger partial charge in [-0.15, -0.1) is 0 Å². The standard InChI is InChI=1S/C23H30N2O7/c26-17-5-6-18(27)24(17)13-14-9-11-23(12-10-14,25-19(28)7-8-20(25)29)21(30)15-3-1-2-4-16(15)22(31)32/h14-16H,1-13H2,(H,31,32). The molecule has 4 fully saturated rings. The number of hydrogen-bond donors (Lipinski definition) is 1. The zero-order chi connectivity index (χ0) is 23.0. The molecule has 2 aliphatic carbocycles. The van der Waals surface area contributed by atoms with Crippen molar-refractivity contribution in [1.82, 2.24) is 9.80 Å². The summed E-state index contributed by atoms with van der Waals surface area (Å²) < 4.78 is 0. The summed E-state index contributed by atoms with van der Waals surface area (Å²) in [5, 5.41) is 9.69. The minimum Gasteiger partial charge on any atom is -0.481 e. The molecule has 32 heavy (non-hydrogen) atoms. The van der Waals surface area contributed by atoms with E-state index in [1.54, 1.807) is 0 Å². The second-order valence-corrected chi connectivity index (χ2v) is 9.70. The molecule has 174 valence electrons. The van der Waals surface area contributed by atoms with Crippen molar-refractivity contribution in [2.24, 2.45) is 17.8 Å². The van der Waals surface area contributed by atoms with E-state index in [0.717, 1.165) is 17.7 Å². The van der Waals surface area contributed by atoms with Crippen molar-refractivity contribution in [2.45, 2.75) is 82.6 Å². The van der Waals surface area contributed by atoms with Crippen LogP contribution in [-0.4, -0.2) is 62.4 Å². The van der Waals surface area contributed by atoms with Crippen LogP contribution in [0, 0.1) is 17.8 Å². The molecule has 2 aliphatic heterocycles. The molecule has 0 aromatic carbocycles. The fourth-order valence-corrected chi connectivity index (χ4v) is 6.14. The molecule has 2 atom stereocenters. The van der Waals surface area contributed by atoms with Crippen molar-refractivity contribution in [2.75, 3.05) is 6.54 Å². The molecule has 2 saturated carbocycles. The minimum atomic E-state index is -1.31. The normalized spacial score (nSPS) is 33.8. The molecule has 0 radical (unpaired) electrons. The fourth-order valence-electron chi connectivity index (χ4n) is 6.14. The largest absolute Gasteiger partial charge is 0.481 e. The molecule has 2 heterocycles. The second-order valence-electron chi connectivity index (χ2n) is 9.70. The Morgan fingerprint density at radius 1 is 0.781 bits per heavy atom. The topological polar surface area (TPSA) is 129 Å². The minimum absolute atomic E-state index is 0.00337. The molecule has 0 bridgehead atoms. The van der Waals surface area contributed by atoms with Crippen molar-refractivity contribution >= 4 is 35.4 Å². The Bertz CT molecular complexity index is 826. The SMILES string of the molecule is O=C(O)C1CCCCC1C(=O)C1(N2C(=O)CCC2=O)CCC(CN2C(=O)CCC2=O)CC1. The first-order valence-electron chi connectivity index (χ1n) is 11.7. The summed E-state index contributed by atoms with van der Waals surface area (Å²) in [5.74, 6) is -3.89. The number of carboxylic acids is 1. The van der Waals surface area contributed by atoms with E-state index in [0.29, 0.717) is 32.2 Å². The quantitative estimate of drug-likeness (QED) is 0.615. The summed E-state index contributed by atoms with van der Waals surface area (Å²) in [6.07, 6.45) is 4.46. The van der Waals surface area contributed by atoms with Crippen LogP contribution in [0.2, 0.25) is 0 Å². The van der Waals surface area contributed by atoms with E-state index in [9.17, 15) is 33.9 Å². The first-order valence-corrected chi connectivity index (χ1v) is 11.7. The lowest BCUT2D eigenvalue weighted by Gasteiger charge is -2.47. The van der Waals surface area contributed by atoms with Gasteiger partial charge in [-0.3, -0.25) is 38.6 Å². The molecule has 0 aromatic rings. The zero-order valence-corrected chi connectivity index (χ0v) is 18.2. The molecule has 9 nitrogen and oxygen atoms in total. The highest BCUT2D eigenvalue weighted by atomic mass is 16.4. The number of hydrogen-bond acceptors (Lipinski definition) is 6. The maximum atomic E-state index is 13.9. The average Bonchev–Trinajstić information content (AvgIpc) is 3.29. The highest BCUT2D eigenvalue weighted by molar-refractivity contribution is 6.08. The van der Waals surface area contributed by atoms with Crippen molar-refractivity contribution in [3.05, 3.63) is 0 Å². The maximum Gasteiger partial charge on any atom is 0.307 e. The van der Waals surface area contributed by atoms with Crippen molar-refractivity contribution < 1.29 is 33.9 Å². The van der Waals surface area contributed by atoms with Gasteiger partial charge in [-0.2, -0.15) is 0 Å². The van der Waals surface area contributed by atoms with Crippen LogP contribution in [0.15, 0.2) is 0 Å². The van der Waals surface area contributed by atoms with Crippen LogP contribution in [-0.2, 0) is 28.8 Å². The predicted molar refractivity (Wildman–Crippen MR) is 110 cm³/mol. The number of ketones is 1. The third-order valence-corrected chi connectivity index (χ3v) is 7.89. The van der Waals surface area contributed by atoms with Gasteiger partial charge in [0.2, 0.25) is 23.6 Å². The summed E-state index contributed by atoms with van der Waals surface area (Å²) in [4.78, 5) is 77.5. The summed E-state index contributed by atoms with van der Waals surface area (Å²) in [6.45, 7) is 0.297. The molecular formula is C23H30N2O7. The Labute approximate surface area is 186 Å². The smallest absolute Gasteiger partial charge is 0.307 e. The molecule has 2 saturated heterocycles. The number of carbonyl (C=O) groups excluding carboxylic acids is 5. The Morgan fingerprint density at radius 3 is 1.81 bits per heavy atom. The van der Waals surface area contributed by atoms with Crippen LogP contribution >= 0.6 is 0 Å². The van der Waals surface area contributed by atoms with Crippen molar-refractivity contribution in [1.29, 1.82) is 0 Å². The number of carboxylic acid groups (broad SMARTS) is 1. The molecule has 0 spiro atoms.